The molecule has 2 aromatic rings. The third kappa shape index (κ3) is 1.84. The van der Waals surface area contributed by atoms with E-state index in [0.717, 1.165) is 36.1 Å². The molecule has 0 radical (unpaired) electrons. The zero-order valence-corrected chi connectivity index (χ0v) is 10.0. The summed E-state index contributed by atoms with van der Waals surface area (Å²) in [5.74, 6) is 0.773. The van der Waals surface area contributed by atoms with Gasteiger partial charge in [0, 0.05) is 24.8 Å². The van der Waals surface area contributed by atoms with E-state index in [1.165, 1.54) is 12.8 Å². The first-order valence-corrected chi connectivity index (χ1v) is 6.17. The Morgan fingerprint density at radius 1 is 1.53 bits per heavy atom. The molecule has 2 heterocycles. The molecule has 0 bridgehead atoms. The lowest BCUT2D eigenvalue weighted by molar-refractivity contribution is 0.552. The van der Waals surface area contributed by atoms with Gasteiger partial charge in [0.25, 0.3) is 6.01 Å². The van der Waals surface area contributed by atoms with Crippen LogP contribution in [0.3, 0.4) is 0 Å². The molecule has 4 heteroatoms. The number of nitrogens with two attached hydrogens (primary N) is 1. The van der Waals surface area contributed by atoms with Crippen LogP contribution < -0.4 is 10.6 Å². The molecule has 1 fully saturated rings. The van der Waals surface area contributed by atoms with Crippen molar-refractivity contribution in [2.45, 2.75) is 19.8 Å². The predicted octanol–water partition coefficient (Wildman–Crippen LogP) is 2.65. The number of benzene rings is 1. The smallest absolute Gasteiger partial charge is 0.298 e. The first kappa shape index (κ1) is 10.4. The molecule has 3 rings (SSSR count). The van der Waals surface area contributed by atoms with E-state index in [4.69, 9.17) is 10.2 Å². The average Bonchev–Trinajstić information content (AvgIpc) is 2.93. The van der Waals surface area contributed by atoms with Crippen molar-refractivity contribution in [1.29, 1.82) is 0 Å². The highest BCUT2D eigenvalue weighted by molar-refractivity contribution is 5.78. The van der Waals surface area contributed by atoms with Crippen LogP contribution in [0.2, 0.25) is 0 Å². The minimum Gasteiger partial charge on any atom is -0.423 e. The molecule has 1 aliphatic rings. The first-order valence-electron chi connectivity index (χ1n) is 6.17. The fourth-order valence-corrected chi connectivity index (χ4v) is 2.40. The Hall–Kier alpha value is -1.71. The standard InChI is InChI=1S/C13H17N3O/c1-2-9-5-6-16(8-9)13-15-11-4-3-10(14)7-12(11)17-13/h3-4,7,9H,2,5-6,8,14H2,1H3. The summed E-state index contributed by atoms with van der Waals surface area (Å²) in [7, 11) is 0. The molecular weight excluding hydrogens is 214 g/mol. The van der Waals surface area contributed by atoms with E-state index in [2.05, 4.69) is 16.8 Å². The monoisotopic (exact) mass is 231 g/mol. The van der Waals surface area contributed by atoms with Crippen LogP contribution in [0.4, 0.5) is 11.7 Å². The second-order valence-corrected chi connectivity index (χ2v) is 4.73. The number of oxazole rings is 1. The quantitative estimate of drug-likeness (QED) is 0.807. The first-order chi connectivity index (χ1) is 8.26. The highest BCUT2D eigenvalue weighted by atomic mass is 16.4. The third-order valence-corrected chi connectivity index (χ3v) is 3.53. The fourth-order valence-electron chi connectivity index (χ4n) is 2.40. The van der Waals surface area contributed by atoms with Gasteiger partial charge in [-0.05, 0) is 24.5 Å². The molecule has 1 atom stereocenters. The van der Waals surface area contributed by atoms with Crippen molar-refractivity contribution in [3.63, 3.8) is 0 Å². The summed E-state index contributed by atoms with van der Waals surface area (Å²) in [6.07, 6.45) is 2.46. The van der Waals surface area contributed by atoms with Crippen LogP contribution >= 0.6 is 0 Å². The molecule has 1 aromatic heterocycles. The van der Waals surface area contributed by atoms with Gasteiger partial charge in [0.2, 0.25) is 0 Å². The van der Waals surface area contributed by atoms with Crippen LogP contribution in [-0.2, 0) is 0 Å². The lowest BCUT2D eigenvalue weighted by Crippen LogP contribution is -2.19. The fraction of sp³-hybridized carbons (Fsp3) is 0.462. The summed E-state index contributed by atoms with van der Waals surface area (Å²) in [5, 5.41) is 0. The maximum Gasteiger partial charge on any atom is 0.298 e. The lowest BCUT2D eigenvalue weighted by Gasteiger charge is -2.12. The summed E-state index contributed by atoms with van der Waals surface area (Å²) in [5.41, 5.74) is 8.11. The van der Waals surface area contributed by atoms with E-state index >= 15 is 0 Å². The van der Waals surface area contributed by atoms with Gasteiger partial charge in [-0.1, -0.05) is 13.3 Å². The summed E-state index contributed by atoms with van der Waals surface area (Å²) < 4.78 is 5.76. The number of hydrogen-bond donors (Lipinski definition) is 1. The van der Waals surface area contributed by atoms with E-state index < -0.39 is 0 Å². The van der Waals surface area contributed by atoms with Crippen molar-refractivity contribution in [1.82, 2.24) is 4.98 Å². The lowest BCUT2D eigenvalue weighted by atomic mass is 10.1. The summed E-state index contributed by atoms with van der Waals surface area (Å²) >= 11 is 0. The zero-order valence-electron chi connectivity index (χ0n) is 10.0. The molecule has 2 N–H and O–H groups in total. The SMILES string of the molecule is CCC1CCN(c2nc3ccc(N)cc3o2)C1. The number of anilines is 2. The molecule has 1 unspecified atom stereocenters. The Kier molecular flexibility index (Phi) is 2.42. The molecule has 0 spiro atoms. The van der Waals surface area contributed by atoms with Gasteiger partial charge in [-0.15, -0.1) is 0 Å². The van der Waals surface area contributed by atoms with Crippen LogP contribution in [0, 0.1) is 5.92 Å². The highest BCUT2D eigenvalue weighted by Crippen LogP contribution is 2.28. The van der Waals surface area contributed by atoms with Crippen molar-refractivity contribution in [2.24, 2.45) is 5.92 Å². The van der Waals surface area contributed by atoms with Gasteiger partial charge in [0.05, 0.1) is 0 Å². The molecule has 17 heavy (non-hydrogen) atoms. The van der Waals surface area contributed by atoms with E-state index in [9.17, 15) is 0 Å². The minimum absolute atomic E-state index is 0.716. The number of hydrogen-bond acceptors (Lipinski definition) is 4. The number of fused-ring (bicyclic) bond motifs is 1. The average molecular weight is 231 g/mol. The normalized spacial score (nSPS) is 20.3. The zero-order chi connectivity index (χ0) is 11.8. The number of aromatic nitrogens is 1. The second-order valence-electron chi connectivity index (χ2n) is 4.73. The number of nitrogens with zero attached hydrogens (tertiary/aromatic N) is 2. The van der Waals surface area contributed by atoms with Gasteiger partial charge < -0.3 is 15.1 Å². The molecule has 0 saturated carbocycles. The van der Waals surface area contributed by atoms with Crippen LogP contribution in [0.1, 0.15) is 19.8 Å². The molecule has 90 valence electrons. The Morgan fingerprint density at radius 3 is 3.18 bits per heavy atom. The topological polar surface area (TPSA) is 55.3 Å². The number of rotatable bonds is 2. The third-order valence-electron chi connectivity index (χ3n) is 3.53. The van der Waals surface area contributed by atoms with Crippen molar-refractivity contribution in [3.05, 3.63) is 18.2 Å². The van der Waals surface area contributed by atoms with Crippen molar-refractivity contribution >= 4 is 22.8 Å². The van der Waals surface area contributed by atoms with E-state index in [1.54, 1.807) is 0 Å². The Morgan fingerprint density at radius 2 is 2.41 bits per heavy atom. The number of nitrogen functional groups attached to an aromatic ring is 1. The highest BCUT2D eigenvalue weighted by Gasteiger charge is 2.24. The van der Waals surface area contributed by atoms with Gasteiger partial charge >= 0.3 is 0 Å². The van der Waals surface area contributed by atoms with Gasteiger partial charge in [0.1, 0.15) is 5.52 Å². The second kappa shape index (κ2) is 3.95. The van der Waals surface area contributed by atoms with Crippen LogP contribution in [0.5, 0.6) is 0 Å². The molecule has 1 aliphatic heterocycles. The van der Waals surface area contributed by atoms with Gasteiger partial charge in [-0.25, -0.2) is 0 Å². The van der Waals surface area contributed by atoms with Crippen molar-refractivity contribution < 1.29 is 4.42 Å². The summed E-state index contributed by atoms with van der Waals surface area (Å²) in [6.45, 7) is 4.33. The molecule has 1 saturated heterocycles. The molecule has 1 aromatic carbocycles. The summed E-state index contributed by atoms with van der Waals surface area (Å²) in [6, 6.07) is 6.33. The van der Waals surface area contributed by atoms with Gasteiger partial charge in [-0.3, -0.25) is 0 Å². The van der Waals surface area contributed by atoms with Crippen LogP contribution in [0.25, 0.3) is 11.1 Å². The van der Waals surface area contributed by atoms with Crippen molar-refractivity contribution in [3.8, 4) is 0 Å². The summed E-state index contributed by atoms with van der Waals surface area (Å²) in [4.78, 5) is 6.73. The molecular formula is C13H17N3O. The molecule has 0 amide bonds. The molecule has 0 aliphatic carbocycles. The Labute approximate surface area is 100 Å². The minimum atomic E-state index is 0.716. The van der Waals surface area contributed by atoms with E-state index in [1.807, 2.05) is 18.2 Å². The van der Waals surface area contributed by atoms with Gasteiger partial charge in [-0.2, -0.15) is 4.98 Å². The van der Waals surface area contributed by atoms with Crippen LogP contribution in [0.15, 0.2) is 22.6 Å². The van der Waals surface area contributed by atoms with Gasteiger partial charge in [0.15, 0.2) is 5.58 Å². The van der Waals surface area contributed by atoms with E-state index in [0.29, 0.717) is 5.69 Å². The Balaban J connectivity index is 1.91. The predicted molar refractivity (Wildman–Crippen MR) is 69.0 cm³/mol. The Bertz CT molecular complexity index is 534. The largest absolute Gasteiger partial charge is 0.423 e. The maximum absolute atomic E-state index is 5.76. The van der Waals surface area contributed by atoms with E-state index in [-0.39, 0.29) is 0 Å². The van der Waals surface area contributed by atoms with Crippen molar-refractivity contribution in [2.75, 3.05) is 23.7 Å². The van der Waals surface area contributed by atoms with Crippen LogP contribution in [-0.4, -0.2) is 18.1 Å². The molecule has 4 nitrogen and oxygen atoms in total. The maximum atomic E-state index is 5.76.